The Morgan fingerprint density at radius 3 is 2.50 bits per heavy atom. The summed E-state index contributed by atoms with van der Waals surface area (Å²) in [5, 5.41) is 7.63. The molecule has 31 valence electrons. The summed E-state index contributed by atoms with van der Waals surface area (Å²) in [6.07, 6.45) is 0.736. The molecule has 0 aromatic carbocycles. The third-order valence-corrected chi connectivity index (χ3v) is 0.207. The summed E-state index contributed by atoms with van der Waals surface area (Å²) in [6.45, 7) is 0. The zero-order valence-electron chi connectivity index (χ0n) is 3.01. The summed E-state index contributed by atoms with van der Waals surface area (Å²) in [6, 6.07) is 1.47. The van der Waals surface area contributed by atoms with Crippen LogP contribution < -0.4 is 5.73 Å². The highest BCUT2D eigenvalue weighted by Gasteiger charge is 1.85. The molecule has 3 heteroatoms. The van der Waals surface area contributed by atoms with Gasteiger partial charge in [-0.2, -0.15) is 5.26 Å². The molecule has 0 heterocycles. The molecule has 0 aliphatic heterocycles. The number of rotatable bonds is 1. The molecule has 0 aliphatic rings. The maximum absolute atomic E-state index is 9.54. The molecule has 0 saturated carbocycles. The zero-order valence-corrected chi connectivity index (χ0v) is 3.01. The van der Waals surface area contributed by atoms with Crippen LogP contribution in [0.5, 0.6) is 0 Å². The topological polar surface area (TPSA) is 66.9 Å². The van der Waals surface area contributed by atoms with Crippen LogP contribution in [0.4, 0.5) is 0 Å². The summed E-state index contributed by atoms with van der Waals surface area (Å²) in [5.41, 5.74) is 4.49. The van der Waals surface area contributed by atoms with Gasteiger partial charge in [0.1, 0.15) is 6.42 Å². The van der Waals surface area contributed by atoms with Crippen LogP contribution in [0.1, 0.15) is 0 Å². The molecule has 0 rings (SSSR count). The minimum absolute atomic E-state index is 0.697. The molecular formula is C3H3N2O. The Kier molecular flexibility index (Phi) is 1.83. The number of nitrogens with zero attached hydrogens (tertiary/aromatic N) is 1. The van der Waals surface area contributed by atoms with E-state index in [-0.39, 0.29) is 0 Å². The van der Waals surface area contributed by atoms with Crippen LogP contribution in [0, 0.1) is 17.8 Å². The van der Waals surface area contributed by atoms with Gasteiger partial charge in [0.15, 0.2) is 0 Å². The normalized spacial score (nSPS) is 6.50. The highest BCUT2D eigenvalue weighted by Crippen LogP contribution is 1.61. The lowest BCUT2D eigenvalue weighted by Gasteiger charge is -1.70. The highest BCUT2D eigenvalue weighted by atomic mass is 16.1. The molecule has 0 aromatic heterocycles. The molecule has 1 radical (unpaired) electrons. The smallest absolute Gasteiger partial charge is 0.236 e. The molecule has 0 aromatic rings. The van der Waals surface area contributed by atoms with E-state index in [0.717, 1.165) is 6.42 Å². The highest BCUT2D eigenvalue weighted by molar-refractivity contribution is 5.85. The van der Waals surface area contributed by atoms with Crippen molar-refractivity contribution in [2.45, 2.75) is 0 Å². The molecule has 0 spiro atoms. The number of nitriles is 1. The average Bonchev–Trinajstić information content (AvgIpc) is 1.35. The number of amides is 1. The molecule has 6 heavy (non-hydrogen) atoms. The third kappa shape index (κ3) is 2.96. The van der Waals surface area contributed by atoms with E-state index in [2.05, 4.69) is 5.73 Å². The Morgan fingerprint density at radius 1 is 2.00 bits per heavy atom. The Hall–Kier alpha value is -1.04. The van der Waals surface area contributed by atoms with E-state index in [9.17, 15) is 4.79 Å². The molecule has 0 atom stereocenters. The van der Waals surface area contributed by atoms with Crippen molar-refractivity contribution < 1.29 is 4.79 Å². The zero-order chi connectivity index (χ0) is 4.99. The number of hydrogen-bond acceptors (Lipinski definition) is 2. The first-order valence-corrected chi connectivity index (χ1v) is 1.29. The van der Waals surface area contributed by atoms with E-state index < -0.39 is 5.91 Å². The van der Waals surface area contributed by atoms with E-state index in [1.807, 2.05) is 0 Å². The first-order chi connectivity index (χ1) is 2.77. The number of hydrogen-bond donors (Lipinski definition) is 1. The molecule has 1 amide bonds. The number of carbonyl (C=O) groups excluding carboxylic acids is 1. The van der Waals surface area contributed by atoms with Crippen LogP contribution in [-0.4, -0.2) is 5.91 Å². The fourth-order valence-electron chi connectivity index (χ4n) is 0.0636. The predicted octanol–water partition coefficient (Wildman–Crippen LogP) is -0.800. The monoisotopic (exact) mass is 83.0 g/mol. The maximum Gasteiger partial charge on any atom is 0.236 e. The molecular weight excluding hydrogens is 80.0 g/mol. The quantitative estimate of drug-likeness (QED) is 0.451. The fourth-order valence-corrected chi connectivity index (χ4v) is 0.0636. The second-order valence-corrected chi connectivity index (χ2v) is 0.676. The van der Waals surface area contributed by atoms with Crippen LogP contribution in [0.2, 0.25) is 0 Å². The Bertz CT molecular complexity index is 91.5. The Morgan fingerprint density at radius 2 is 2.50 bits per heavy atom. The molecule has 3 nitrogen and oxygen atoms in total. The van der Waals surface area contributed by atoms with Crippen LogP contribution in [0.25, 0.3) is 0 Å². The Labute approximate surface area is 35.4 Å². The SMILES string of the molecule is N#C[CH]C(N)=O. The van der Waals surface area contributed by atoms with Gasteiger partial charge >= 0.3 is 0 Å². The first kappa shape index (κ1) is 4.96. The van der Waals surface area contributed by atoms with Crippen molar-refractivity contribution in [2.24, 2.45) is 5.73 Å². The van der Waals surface area contributed by atoms with Crippen molar-refractivity contribution in [1.82, 2.24) is 0 Å². The summed E-state index contributed by atoms with van der Waals surface area (Å²) in [4.78, 5) is 9.54. The lowest BCUT2D eigenvalue weighted by molar-refractivity contribution is -0.114. The molecule has 0 aliphatic carbocycles. The van der Waals surface area contributed by atoms with Crippen molar-refractivity contribution >= 4 is 5.91 Å². The molecule has 0 bridgehead atoms. The van der Waals surface area contributed by atoms with Gasteiger partial charge in [0.2, 0.25) is 5.91 Å². The Balaban J connectivity index is 3.13. The molecule has 2 N–H and O–H groups in total. The van der Waals surface area contributed by atoms with E-state index in [0.29, 0.717) is 0 Å². The van der Waals surface area contributed by atoms with E-state index >= 15 is 0 Å². The van der Waals surface area contributed by atoms with Gasteiger partial charge in [0.25, 0.3) is 0 Å². The summed E-state index contributed by atoms with van der Waals surface area (Å²) >= 11 is 0. The lowest BCUT2D eigenvalue weighted by Crippen LogP contribution is -2.08. The van der Waals surface area contributed by atoms with Gasteiger partial charge in [0.05, 0.1) is 6.07 Å². The van der Waals surface area contributed by atoms with Gasteiger partial charge in [-0.3, -0.25) is 4.79 Å². The van der Waals surface area contributed by atoms with Gasteiger partial charge in [-0.25, -0.2) is 0 Å². The van der Waals surface area contributed by atoms with Gasteiger partial charge in [-0.15, -0.1) is 0 Å². The summed E-state index contributed by atoms with van der Waals surface area (Å²) in [7, 11) is 0. The van der Waals surface area contributed by atoms with Gasteiger partial charge in [-0.05, 0) is 0 Å². The van der Waals surface area contributed by atoms with Gasteiger partial charge in [-0.1, -0.05) is 0 Å². The number of nitrogens with two attached hydrogens (primary N) is 1. The summed E-state index contributed by atoms with van der Waals surface area (Å²) < 4.78 is 0. The number of primary amides is 1. The first-order valence-electron chi connectivity index (χ1n) is 1.29. The van der Waals surface area contributed by atoms with Crippen molar-refractivity contribution in [2.75, 3.05) is 0 Å². The van der Waals surface area contributed by atoms with Crippen molar-refractivity contribution in [3.63, 3.8) is 0 Å². The van der Waals surface area contributed by atoms with E-state index in [1.165, 1.54) is 6.07 Å². The van der Waals surface area contributed by atoms with Crippen LogP contribution in [0.15, 0.2) is 0 Å². The summed E-state index contributed by atoms with van der Waals surface area (Å²) in [5.74, 6) is -0.697. The van der Waals surface area contributed by atoms with Crippen LogP contribution in [-0.2, 0) is 4.79 Å². The maximum atomic E-state index is 9.54. The third-order valence-electron chi connectivity index (χ3n) is 0.207. The minimum atomic E-state index is -0.697. The standard InChI is InChI=1S/C3H3N2O/c4-2-1-3(5)6/h1H,(H2,5,6). The largest absolute Gasteiger partial charge is 0.368 e. The van der Waals surface area contributed by atoms with Crippen molar-refractivity contribution in [3.8, 4) is 6.07 Å². The predicted molar refractivity (Wildman–Crippen MR) is 19.1 cm³/mol. The number of carbonyl (C=O) groups is 1. The second kappa shape index (κ2) is 2.21. The minimum Gasteiger partial charge on any atom is -0.368 e. The van der Waals surface area contributed by atoms with Gasteiger partial charge < -0.3 is 5.73 Å². The van der Waals surface area contributed by atoms with Crippen molar-refractivity contribution in [1.29, 1.82) is 5.26 Å². The van der Waals surface area contributed by atoms with Crippen LogP contribution >= 0.6 is 0 Å². The molecule has 0 saturated heterocycles. The van der Waals surface area contributed by atoms with Crippen LogP contribution in [0.3, 0.4) is 0 Å². The fraction of sp³-hybridized carbons (Fsp3) is 0. The average molecular weight is 83.1 g/mol. The van der Waals surface area contributed by atoms with E-state index in [1.54, 1.807) is 0 Å². The van der Waals surface area contributed by atoms with E-state index in [4.69, 9.17) is 5.26 Å². The second-order valence-electron chi connectivity index (χ2n) is 0.676. The lowest BCUT2D eigenvalue weighted by atomic mass is 10.5. The van der Waals surface area contributed by atoms with Crippen molar-refractivity contribution in [3.05, 3.63) is 6.42 Å². The van der Waals surface area contributed by atoms with Gasteiger partial charge in [0, 0.05) is 0 Å². The molecule has 0 unspecified atom stereocenters. The molecule has 0 fully saturated rings.